The molecule has 4 rings (SSSR count). The molecule has 25 heavy (non-hydrogen) atoms. The van der Waals surface area contributed by atoms with Gasteiger partial charge in [-0.2, -0.15) is 4.98 Å². The van der Waals surface area contributed by atoms with Crippen LogP contribution in [0.15, 0.2) is 72.3 Å². The number of hydrogen-bond acceptors (Lipinski definition) is 6. The molecular formula is C18H15N5OS. The van der Waals surface area contributed by atoms with E-state index >= 15 is 0 Å². The maximum Gasteiger partial charge on any atom is 0.253 e. The smallest absolute Gasteiger partial charge is 0.253 e. The monoisotopic (exact) mass is 349 g/mol. The number of aromatic nitrogens is 5. The summed E-state index contributed by atoms with van der Waals surface area (Å²) >= 11 is 1.58. The van der Waals surface area contributed by atoms with E-state index in [2.05, 4.69) is 32.2 Å². The number of benzene rings is 1. The van der Waals surface area contributed by atoms with Crippen molar-refractivity contribution in [2.24, 2.45) is 0 Å². The van der Waals surface area contributed by atoms with Crippen LogP contribution in [0.3, 0.4) is 0 Å². The van der Waals surface area contributed by atoms with E-state index in [0.29, 0.717) is 17.5 Å². The lowest BCUT2D eigenvalue weighted by Gasteiger charge is -2.06. The number of hydrogen-bond donors (Lipinski definition) is 0. The van der Waals surface area contributed by atoms with Gasteiger partial charge in [-0.05, 0) is 35.9 Å². The number of nitrogens with zero attached hydrogens (tertiary/aromatic N) is 5. The van der Waals surface area contributed by atoms with E-state index in [1.54, 1.807) is 28.7 Å². The summed E-state index contributed by atoms with van der Waals surface area (Å²) < 4.78 is 7.42. The molecule has 4 aromatic rings. The molecule has 0 fully saturated rings. The van der Waals surface area contributed by atoms with Crippen LogP contribution in [0.1, 0.15) is 11.3 Å². The minimum atomic E-state index is 0.465. The molecule has 0 aliphatic heterocycles. The third kappa shape index (κ3) is 3.95. The highest BCUT2D eigenvalue weighted by atomic mass is 32.2. The van der Waals surface area contributed by atoms with Crippen LogP contribution in [-0.4, -0.2) is 24.6 Å². The van der Waals surface area contributed by atoms with Crippen molar-refractivity contribution in [3.63, 3.8) is 0 Å². The van der Waals surface area contributed by atoms with Crippen LogP contribution in [0.2, 0.25) is 0 Å². The Morgan fingerprint density at radius 1 is 0.960 bits per heavy atom. The van der Waals surface area contributed by atoms with E-state index in [4.69, 9.17) is 4.74 Å². The molecule has 0 bridgehead atoms. The number of thioether (sulfide) groups is 1. The lowest BCUT2D eigenvalue weighted by Crippen LogP contribution is -1.97. The minimum Gasteiger partial charge on any atom is -0.487 e. The van der Waals surface area contributed by atoms with Gasteiger partial charge >= 0.3 is 0 Å². The molecule has 7 heteroatoms. The molecule has 0 aliphatic rings. The predicted octanol–water partition coefficient (Wildman–Crippen LogP) is 3.39. The van der Waals surface area contributed by atoms with E-state index in [-0.39, 0.29) is 0 Å². The fraction of sp³-hybridized carbons (Fsp3) is 0.111. The summed E-state index contributed by atoms with van der Waals surface area (Å²) in [7, 11) is 0. The molecule has 1 aromatic carbocycles. The SMILES string of the molecule is c1ccc(COc2ccc(CSc3nc4ncccn4n3)cc2)nc1. The molecule has 0 saturated heterocycles. The summed E-state index contributed by atoms with van der Waals surface area (Å²) in [6, 6.07) is 15.7. The average Bonchev–Trinajstić information content (AvgIpc) is 3.09. The van der Waals surface area contributed by atoms with Gasteiger partial charge in [0.05, 0.1) is 5.69 Å². The number of fused-ring (bicyclic) bond motifs is 1. The maximum atomic E-state index is 5.74. The third-order valence-corrected chi connectivity index (χ3v) is 4.41. The number of ether oxygens (including phenoxy) is 1. The zero-order valence-electron chi connectivity index (χ0n) is 13.3. The van der Waals surface area contributed by atoms with Crippen LogP contribution in [0.5, 0.6) is 5.75 Å². The standard InChI is InChI=1S/C18H15N5OS/c1-2-9-19-15(4-1)12-24-16-7-5-14(6-8-16)13-25-18-21-17-20-10-3-11-23(17)22-18/h1-11H,12-13H2. The highest BCUT2D eigenvalue weighted by Gasteiger charge is 2.05. The minimum absolute atomic E-state index is 0.465. The fourth-order valence-electron chi connectivity index (χ4n) is 2.25. The van der Waals surface area contributed by atoms with Gasteiger partial charge in [0.15, 0.2) is 0 Å². The Morgan fingerprint density at radius 3 is 2.64 bits per heavy atom. The van der Waals surface area contributed by atoms with Gasteiger partial charge in [-0.25, -0.2) is 9.50 Å². The summed E-state index contributed by atoms with van der Waals surface area (Å²) in [5.74, 6) is 2.23. The molecule has 6 nitrogen and oxygen atoms in total. The van der Waals surface area contributed by atoms with Crippen molar-refractivity contribution >= 4 is 17.5 Å². The first-order valence-electron chi connectivity index (χ1n) is 7.79. The Kier molecular flexibility index (Phi) is 4.56. The molecule has 0 radical (unpaired) electrons. The maximum absolute atomic E-state index is 5.74. The molecule has 0 atom stereocenters. The van der Waals surface area contributed by atoms with Gasteiger partial charge in [-0.3, -0.25) is 4.98 Å². The molecule has 0 spiro atoms. The van der Waals surface area contributed by atoms with Crippen LogP contribution in [0.25, 0.3) is 5.78 Å². The Hall–Kier alpha value is -2.93. The second kappa shape index (κ2) is 7.31. The summed E-state index contributed by atoms with van der Waals surface area (Å²) in [5.41, 5.74) is 2.09. The Labute approximate surface area is 148 Å². The second-order valence-corrected chi connectivity index (χ2v) is 6.24. The van der Waals surface area contributed by atoms with Crippen molar-refractivity contribution in [3.8, 4) is 5.75 Å². The normalized spacial score (nSPS) is 10.9. The van der Waals surface area contributed by atoms with Gasteiger partial charge in [-0.15, -0.1) is 5.10 Å². The van der Waals surface area contributed by atoms with Crippen LogP contribution < -0.4 is 4.74 Å². The fourth-order valence-corrected chi connectivity index (χ4v) is 3.03. The molecule has 0 N–H and O–H groups in total. The van der Waals surface area contributed by atoms with Crippen LogP contribution >= 0.6 is 11.8 Å². The number of rotatable bonds is 6. The lowest BCUT2D eigenvalue weighted by molar-refractivity contribution is 0.301. The first kappa shape index (κ1) is 15.6. The zero-order valence-corrected chi connectivity index (χ0v) is 14.1. The molecular weight excluding hydrogens is 334 g/mol. The van der Waals surface area contributed by atoms with E-state index in [9.17, 15) is 0 Å². The lowest BCUT2D eigenvalue weighted by atomic mass is 10.2. The molecule has 3 heterocycles. The molecule has 124 valence electrons. The van der Waals surface area contributed by atoms with Gasteiger partial charge in [0.1, 0.15) is 12.4 Å². The largest absolute Gasteiger partial charge is 0.487 e. The average molecular weight is 349 g/mol. The first-order chi connectivity index (χ1) is 12.4. The van der Waals surface area contributed by atoms with E-state index in [1.807, 2.05) is 42.6 Å². The van der Waals surface area contributed by atoms with Crippen LogP contribution in [-0.2, 0) is 12.4 Å². The van der Waals surface area contributed by atoms with E-state index in [0.717, 1.165) is 17.2 Å². The zero-order chi connectivity index (χ0) is 16.9. The predicted molar refractivity (Wildman–Crippen MR) is 95.4 cm³/mol. The van der Waals surface area contributed by atoms with Gasteiger partial charge in [0, 0.05) is 24.3 Å². The van der Waals surface area contributed by atoms with Crippen molar-refractivity contribution in [3.05, 3.63) is 78.4 Å². The Balaban J connectivity index is 1.34. The number of pyridine rings is 1. The summed E-state index contributed by atoms with van der Waals surface area (Å²) in [4.78, 5) is 12.8. The van der Waals surface area contributed by atoms with Crippen LogP contribution in [0.4, 0.5) is 0 Å². The highest BCUT2D eigenvalue weighted by molar-refractivity contribution is 7.98. The van der Waals surface area contributed by atoms with Gasteiger partial charge in [0.25, 0.3) is 5.78 Å². The van der Waals surface area contributed by atoms with Gasteiger partial charge in [0.2, 0.25) is 5.16 Å². The second-order valence-electron chi connectivity index (χ2n) is 5.30. The Bertz CT molecular complexity index is 923. The molecule has 3 aromatic heterocycles. The summed E-state index contributed by atoms with van der Waals surface area (Å²) in [5, 5.41) is 5.10. The summed E-state index contributed by atoms with van der Waals surface area (Å²) in [6.45, 7) is 0.465. The molecule has 0 amide bonds. The van der Waals surface area contributed by atoms with Crippen molar-refractivity contribution < 1.29 is 4.74 Å². The first-order valence-corrected chi connectivity index (χ1v) is 8.77. The van der Waals surface area contributed by atoms with E-state index in [1.165, 1.54) is 5.56 Å². The molecule has 0 saturated carbocycles. The Morgan fingerprint density at radius 2 is 1.84 bits per heavy atom. The van der Waals surface area contributed by atoms with Crippen molar-refractivity contribution in [2.75, 3.05) is 0 Å². The summed E-state index contributed by atoms with van der Waals surface area (Å²) in [6.07, 6.45) is 5.32. The topological polar surface area (TPSA) is 65.2 Å². The van der Waals surface area contributed by atoms with E-state index < -0.39 is 0 Å². The third-order valence-electron chi connectivity index (χ3n) is 3.50. The van der Waals surface area contributed by atoms with Crippen molar-refractivity contribution in [1.82, 2.24) is 24.6 Å². The van der Waals surface area contributed by atoms with Gasteiger partial charge in [-0.1, -0.05) is 30.0 Å². The van der Waals surface area contributed by atoms with Crippen molar-refractivity contribution in [1.29, 1.82) is 0 Å². The van der Waals surface area contributed by atoms with Gasteiger partial charge < -0.3 is 4.74 Å². The van der Waals surface area contributed by atoms with Crippen LogP contribution in [0, 0.1) is 0 Å². The van der Waals surface area contributed by atoms with Crippen molar-refractivity contribution in [2.45, 2.75) is 17.5 Å². The molecule has 0 unspecified atom stereocenters. The quantitative estimate of drug-likeness (QED) is 0.497. The molecule has 0 aliphatic carbocycles. The highest BCUT2D eigenvalue weighted by Crippen LogP contribution is 2.21.